The minimum atomic E-state index is -0.567. The third kappa shape index (κ3) is 5.58. The molecule has 1 aliphatic heterocycles. The van der Waals surface area contributed by atoms with Crippen LogP contribution in [0.2, 0.25) is 0 Å². The first-order chi connectivity index (χ1) is 18.0. The van der Waals surface area contributed by atoms with Gasteiger partial charge < -0.3 is 4.74 Å². The van der Waals surface area contributed by atoms with Crippen molar-refractivity contribution in [3.05, 3.63) is 83.1 Å². The van der Waals surface area contributed by atoms with Crippen LogP contribution < -0.4 is 0 Å². The number of ether oxygens (including phenoxy) is 1. The molecule has 0 radical (unpaired) electrons. The number of aromatic nitrogens is 2. The van der Waals surface area contributed by atoms with E-state index in [1.807, 2.05) is 54.7 Å². The number of para-hydroxylation sites is 1. The molecule has 0 N–H and O–H groups in total. The van der Waals surface area contributed by atoms with Gasteiger partial charge in [0.15, 0.2) is 0 Å². The van der Waals surface area contributed by atoms with Gasteiger partial charge in [-0.05, 0) is 55.0 Å². The highest BCUT2D eigenvalue weighted by atomic mass is 32.2. The Hall–Kier alpha value is -3.93. The molecule has 4 rings (SSSR count). The van der Waals surface area contributed by atoms with E-state index >= 15 is 0 Å². The van der Waals surface area contributed by atoms with Crippen LogP contribution in [-0.2, 0) is 14.3 Å². The highest BCUT2D eigenvalue weighted by Gasteiger charge is 2.35. The summed E-state index contributed by atoms with van der Waals surface area (Å²) >= 11 is 1.76. The summed E-state index contributed by atoms with van der Waals surface area (Å²) in [6.45, 7) is 4.33. The summed E-state index contributed by atoms with van der Waals surface area (Å²) < 4.78 is 6.85. The fourth-order valence-corrected chi connectivity index (χ4v) is 4.82. The van der Waals surface area contributed by atoms with Crippen molar-refractivity contribution >= 4 is 29.7 Å². The van der Waals surface area contributed by atoms with Crippen LogP contribution >= 0.6 is 11.8 Å². The van der Waals surface area contributed by atoms with Crippen molar-refractivity contribution in [2.75, 3.05) is 26.0 Å². The van der Waals surface area contributed by atoms with Gasteiger partial charge in [-0.1, -0.05) is 37.3 Å². The van der Waals surface area contributed by atoms with Crippen molar-refractivity contribution < 1.29 is 14.3 Å². The predicted octanol–water partition coefficient (Wildman–Crippen LogP) is 5.28. The quantitative estimate of drug-likeness (QED) is 0.168. The molecule has 1 aliphatic rings. The van der Waals surface area contributed by atoms with Gasteiger partial charge in [0.25, 0.3) is 11.8 Å². The van der Waals surface area contributed by atoms with E-state index in [9.17, 15) is 14.9 Å². The Labute approximate surface area is 221 Å². The lowest BCUT2D eigenvalue weighted by molar-refractivity contribution is -0.140. The van der Waals surface area contributed by atoms with E-state index in [0.717, 1.165) is 21.9 Å². The normalized spacial score (nSPS) is 15.0. The van der Waals surface area contributed by atoms with Gasteiger partial charge in [-0.2, -0.15) is 10.4 Å². The molecular formula is C29H28N4O3S. The topological polar surface area (TPSA) is 88.2 Å². The van der Waals surface area contributed by atoms with Crippen LogP contribution in [0.1, 0.15) is 25.8 Å². The zero-order valence-corrected chi connectivity index (χ0v) is 21.9. The molecule has 0 unspecified atom stereocenters. The number of rotatable bonds is 9. The Bertz CT molecular complexity index is 1400. The number of imide groups is 1. The lowest BCUT2D eigenvalue weighted by Crippen LogP contribution is -2.43. The minimum Gasteiger partial charge on any atom is -0.385 e. The molecule has 188 valence electrons. The highest BCUT2D eigenvalue weighted by Crippen LogP contribution is 2.32. The largest absolute Gasteiger partial charge is 0.385 e. The van der Waals surface area contributed by atoms with Gasteiger partial charge in [0.1, 0.15) is 11.6 Å². The first-order valence-electron chi connectivity index (χ1n) is 12.0. The molecule has 0 aliphatic carbocycles. The van der Waals surface area contributed by atoms with Crippen LogP contribution in [0.15, 0.2) is 82.4 Å². The Morgan fingerprint density at radius 1 is 1.08 bits per heavy atom. The average Bonchev–Trinajstić information content (AvgIpc) is 3.34. The Morgan fingerprint density at radius 3 is 2.46 bits per heavy atom. The molecule has 2 heterocycles. The molecule has 0 bridgehead atoms. The molecule has 7 nitrogen and oxygen atoms in total. The van der Waals surface area contributed by atoms with Crippen molar-refractivity contribution in [3.8, 4) is 23.0 Å². The maximum Gasteiger partial charge on any atom is 0.271 e. The fourth-order valence-electron chi connectivity index (χ4n) is 4.16. The zero-order chi connectivity index (χ0) is 26.4. The number of nitriles is 1. The molecule has 0 spiro atoms. The Kier molecular flexibility index (Phi) is 8.39. The number of nitrogens with zero attached hydrogens (tertiary/aromatic N) is 4. The number of thioether (sulfide) groups is 1. The maximum absolute atomic E-state index is 13.5. The maximum atomic E-state index is 13.5. The summed E-state index contributed by atoms with van der Waals surface area (Å²) in [5, 5.41) is 14.6. The van der Waals surface area contributed by atoms with Crippen LogP contribution in [0.4, 0.5) is 0 Å². The van der Waals surface area contributed by atoms with Gasteiger partial charge in [-0.15, -0.1) is 11.8 Å². The van der Waals surface area contributed by atoms with Crippen LogP contribution in [0.3, 0.4) is 0 Å². The molecule has 8 heteroatoms. The zero-order valence-electron chi connectivity index (χ0n) is 21.1. The number of hydrogen-bond acceptors (Lipinski definition) is 6. The van der Waals surface area contributed by atoms with E-state index in [-0.39, 0.29) is 12.1 Å². The molecule has 1 aromatic heterocycles. The second kappa shape index (κ2) is 11.9. The van der Waals surface area contributed by atoms with Crippen molar-refractivity contribution in [2.45, 2.75) is 25.2 Å². The van der Waals surface area contributed by atoms with E-state index in [1.165, 1.54) is 4.90 Å². The molecule has 0 saturated carbocycles. The monoisotopic (exact) mass is 512 g/mol. The third-order valence-corrected chi connectivity index (χ3v) is 6.95. The molecule has 0 fully saturated rings. The summed E-state index contributed by atoms with van der Waals surface area (Å²) in [6, 6.07) is 19.9. The van der Waals surface area contributed by atoms with Gasteiger partial charge in [-0.3, -0.25) is 14.5 Å². The lowest BCUT2D eigenvalue weighted by Gasteiger charge is -2.27. The number of methoxy groups -OCH3 is 1. The summed E-state index contributed by atoms with van der Waals surface area (Å²) in [7, 11) is 1.56. The molecule has 2 amide bonds. The third-order valence-electron chi connectivity index (χ3n) is 6.06. The molecule has 3 aromatic rings. The van der Waals surface area contributed by atoms with Gasteiger partial charge >= 0.3 is 0 Å². The van der Waals surface area contributed by atoms with Gasteiger partial charge in [0.05, 0.1) is 11.4 Å². The Balaban J connectivity index is 1.84. The minimum absolute atomic E-state index is 0.0267. The summed E-state index contributed by atoms with van der Waals surface area (Å²) in [4.78, 5) is 28.6. The summed E-state index contributed by atoms with van der Waals surface area (Å²) in [6.07, 6.45) is 4.09. The average molecular weight is 513 g/mol. The van der Waals surface area contributed by atoms with E-state index in [0.29, 0.717) is 35.4 Å². The van der Waals surface area contributed by atoms with Crippen molar-refractivity contribution in [1.82, 2.24) is 14.7 Å². The highest BCUT2D eigenvalue weighted by molar-refractivity contribution is 7.99. The van der Waals surface area contributed by atoms with Crippen molar-refractivity contribution in [1.29, 1.82) is 5.26 Å². The molecule has 0 atom stereocenters. The van der Waals surface area contributed by atoms with Crippen molar-refractivity contribution in [3.63, 3.8) is 0 Å². The first-order valence-corrected chi connectivity index (χ1v) is 13.0. The van der Waals surface area contributed by atoms with Crippen LogP contribution in [0, 0.1) is 11.3 Å². The van der Waals surface area contributed by atoms with Gasteiger partial charge in [0.2, 0.25) is 0 Å². The van der Waals surface area contributed by atoms with E-state index in [4.69, 9.17) is 9.84 Å². The van der Waals surface area contributed by atoms with Gasteiger partial charge in [0, 0.05) is 48.1 Å². The SMILES string of the molecule is CCSc1ccc(-c2nn(-c3ccccc3)cc2/C=C2/C(=O)N(CCCOC)C(=O)C(C#N)=C2C)cc1. The predicted molar refractivity (Wildman–Crippen MR) is 145 cm³/mol. The fraction of sp³-hybridized carbons (Fsp3) is 0.241. The number of carbonyl (C=O) groups excluding carboxylic acids is 2. The second-order valence-electron chi connectivity index (χ2n) is 8.45. The lowest BCUT2D eigenvalue weighted by atomic mass is 9.93. The van der Waals surface area contributed by atoms with Crippen LogP contribution in [-0.4, -0.2) is 52.5 Å². The Morgan fingerprint density at radius 2 is 1.81 bits per heavy atom. The number of carbonyl (C=O) groups is 2. The smallest absolute Gasteiger partial charge is 0.271 e. The van der Waals surface area contributed by atoms with E-state index in [1.54, 1.807) is 36.6 Å². The number of benzene rings is 2. The summed E-state index contributed by atoms with van der Waals surface area (Å²) in [5.41, 5.74) is 3.84. The molecule has 2 aromatic carbocycles. The van der Waals surface area contributed by atoms with Crippen LogP contribution in [0.25, 0.3) is 23.0 Å². The number of amides is 2. The molecule has 37 heavy (non-hydrogen) atoms. The number of hydrogen-bond donors (Lipinski definition) is 0. The van der Waals surface area contributed by atoms with Gasteiger partial charge in [-0.25, -0.2) is 4.68 Å². The first kappa shape index (κ1) is 26.1. The second-order valence-corrected chi connectivity index (χ2v) is 9.79. The molecular weight excluding hydrogens is 484 g/mol. The van der Waals surface area contributed by atoms with Crippen LogP contribution in [0.5, 0.6) is 0 Å². The van der Waals surface area contributed by atoms with E-state index < -0.39 is 11.8 Å². The summed E-state index contributed by atoms with van der Waals surface area (Å²) in [5.74, 6) is -0.0124. The van der Waals surface area contributed by atoms with E-state index in [2.05, 4.69) is 19.1 Å². The van der Waals surface area contributed by atoms with Crippen molar-refractivity contribution in [2.24, 2.45) is 0 Å². The molecule has 0 saturated heterocycles. The standard InChI is InChI=1S/C29H28N4O3S/c1-4-37-24-13-11-21(12-14-24)27-22(19-33(31-27)23-9-6-5-7-10-23)17-25-20(2)26(18-30)29(35)32(28(25)34)15-8-16-36-3/h5-7,9-14,17,19H,4,8,15-16H2,1-3H3/b25-17+.